The predicted molar refractivity (Wildman–Crippen MR) is 110 cm³/mol. The minimum absolute atomic E-state index is 0.247. The van der Waals surface area contributed by atoms with Crippen molar-refractivity contribution in [3.05, 3.63) is 57.4 Å². The van der Waals surface area contributed by atoms with Gasteiger partial charge in [0, 0.05) is 22.0 Å². The molecule has 1 aliphatic heterocycles. The van der Waals surface area contributed by atoms with Gasteiger partial charge in [-0.25, -0.2) is 4.79 Å². The summed E-state index contributed by atoms with van der Waals surface area (Å²) in [6.07, 6.45) is 0. The van der Waals surface area contributed by atoms with Crippen LogP contribution in [0.25, 0.3) is 11.3 Å². The lowest BCUT2D eigenvalue weighted by atomic mass is 9.78. The van der Waals surface area contributed by atoms with Gasteiger partial charge in [0.2, 0.25) is 0 Å². The van der Waals surface area contributed by atoms with Crippen molar-refractivity contribution >= 4 is 40.9 Å². The van der Waals surface area contributed by atoms with Crippen LogP contribution in [-0.4, -0.2) is 31.9 Å². The smallest absolute Gasteiger partial charge is 0.336 e. The van der Waals surface area contributed by atoms with E-state index < -0.39 is 23.8 Å². The third-order valence-corrected chi connectivity index (χ3v) is 5.37. The number of halogens is 2. The fourth-order valence-electron chi connectivity index (χ4n) is 3.51. The van der Waals surface area contributed by atoms with E-state index in [2.05, 4.69) is 4.99 Å². The number of benzene rings is 1. The average Bonchev–Trinajstić information content (AvgIpc) is 3.15. The van der Waals surface area contributed by atoms with Crippen LogP contribution in [0.5, 0.6) is 0 Å². The van der Waals surface area contributed by atoms with Gasteiger partial charge < -0.3 is 13.9 Å². The van der Waals surface area contributed by atoms with E-state index in [0.29, 0.717) is 38.5 Å². The highest BCUT2D eigenvalue weighted by Gasteiger charge is 2.43. The van der Waals surface area contributed by atoms with E-state index in [1.165, 1.54) is 14.2 Å². The van der Waals surface area contributed by atoms with Gasteiger partial charge >= 0.3 is 11.9 Å². The Bertz CT molecular complexity index is 1040. The molecule has 8 heteroatoms. The summed E-state index contributed by atoms with van der Waals surface area (Å²) in [6, 6.07) is 8.48. The Hall–Kier alpha value is -2.57. The minimum atomic E-state index is -0.822. The second kappa shape index (κ2) is 8.43. The van der Waals surface area contributed by atoms with Gasteiger partial charge in [-0.05, 0) is 44.2 Å². The maximum atomic E-state index is 12.5. The summed E-state index contributed by atoms with van der Waals surface area (Å²) in [7, 11) is 2.57. The fraction of sp³-hybridized carbons (Fsp3) is 0.286. The zero-order valence-electron chi connectivity index (χ0n) is 16.3. The topological polar surface area (TPSA) is 78.1 Å². The standard InChI is InChI=1S/C21H19Cl2NO5/c1-10-17(20(25)27-3)19(18(11(2)24-10)21(26)28-4)16-8-7-15(29-16)13-6-5-12(22)9-14(13)23/h5-9,17,19H,1-4H3/t17?,19-/m1/s1. The molecule has 0 saturated heterocycles. The lowest BCUT2D eigenvalue weighted by Crippen LogP contribution is -2.35. The van der Waals surface area contributed by atoms with Gasteiger partial charge in [0.05, 0.1) is 30.7 Å². The number of ether oxygens (including phenoxy) is 2. The molecule has 0 amide bonds. The molecule has 1 aliphatic rings. The van der Waals surface area contributed by atoms with Crippen molar-refractivity contribution in [3.8, 4) is 11.3 Å². The summed E-state index contributed by atoms with van der Waals surface area (Å²) < 4.78 is 15.9. The van der Waals surface area contributed by atoms with E-state index in [1.54, 1.807) is 44.2 Å². The number of hydrogen-bond donors (Lipinski definition) is 0. The maximum absolute atomic E-state index is 12.5. The van der Waals surface area contributed by atoms with Gasteiger partial charge in [-0.2, -0.15) is 0 Å². The molecule has 1 aromatic heterocycles. The first-order valence-corrected chi connectivity index (χ1v) is 9.51. The molecule has 1 aromatic carbocycles. The monoisotopic (exact) mass is 435 g/mol. The Kier molecular flexibility index (Phi) is 6.15. The molecule has 29 heavy (non-hydrogen) atoms. The van der Waals surface area contributed by atoms with Gasteiger partial charge in [-0.15, -0.1) is 0 Å². The zero-order valence-corrected chi connectivity index (χ0v) is 17.8. The van der Waals surface area contributed by atoms with E-state index >= 15 is 0 Å². The van der Waals surface area contributed by atoms with Crippen molar-refractivity contribution in [2.75, 3.05) is 14.2 Å². The lowest BCUT2D eigenvalue weighted by Gasteiger charge is -2.29. The third-order valence-electron chi connectivity index (χ3n) is 4.82. The molecule has 0 bridgehead atoms. The molecule has 2 heterocycles. The van der Waals surface area contributed by atoms with Crippen molar-refractivity contribution < 1.29 is 23.5 Å². The Morgan fingerprint density at radius 1 is 1.07 bits per heavy atom. The van der Waals surface area contributed by atoms with E-state index in [4.69, 9.17) is 37.1 Å². The van der Waals surface area contributed by atoms with E-state index in [-0.39, 0.29) is 5.57 Å². The molecular weight excluding hydrogens is 417 g/mol. The maximum Gasteiger partial charge on any atom is 0.336 e. The van der Waals surface area contributed by atoms with Gasteiger partial charge in [-0.3, -0.25) is 9.79 Å². The van der Waals surface area contributed by atoms with Crippen LogP contribution in [0, 0.1) is 5.92 Å². The second-order valence-corrected chi connectivity index (χ2v) is 7.39. The molecule has 0 N–H and O–H groups in total. The van der Waals surface area contributed by atoms with Crippen LogP contribution in [0.2, 0.25) is 10.0 Å². The summed E-state index contributed by atoms with van der Waals surface area (Å²) in [5.74, 6) is -1.79. The number of hydrogen-bond acceptors (Lipinski definition) is 6. The van der Waals surface area contributed by atoms with Crippen molar-refractivity contribution in [2.45, 2.75) is 19.8 Å². The average molecular weight is 436 g/mol. The number of esters is 2. The van der Waals surface area contributed by atoms with Crippen LogP contribution in [0.15, 0.2) is 51.0 Å². The van der Waals surface area contributed by atoms with Crippen molar-refractivity contribution in [1.29, 1.82) is 0 Å². The molecule has 1 unspecified atom stereocenters. The molecule has 0 saturated carbocycles. The Labute approximate surface area is 178 Å². The molecule has 152 valence electrons. The first-order chi connectivity index (χ1) is 13.8. The van der Waals surface area contributed by atoms with Gasteiger partial charge in [0.15, 0.2) is 0 Å². The van der Waals surface area contributed by atoms with Crippen LogP contribution in [0.1, 0.15) is 25.5 Å². The number of allylic oxidation sites excluding steroid dienone is 1. The Morgan fingerprint density at radius 2 is 1.79 bits per heavy atom. The first-order valence-electron chi connectivity index (χ1n) is 8.75. The highest BCUT2D eigenvalue weighted by Crippen LogP contribution is 2.42. The van der Waals surface area contributed by atoms with Gasteiger partial charge in [-0.1, -0.05) is 23.2 Å². The summed E-state index contributed by atoms with van der Waals surface area (Å²) >= 11 is 12.3. The van der Waals surface area contributed by atoms with Crippen LogP contribution in [0.4, 0.5) is 0 Å². The normalized spacial score (nSPS) is 19.0. The second-order valence-electron chi connectivity index (χ2n) is 6.55. The number of carbonyl (C=O) groups is 2. The number of methoxy groups -OCH3 is 2. The number of rotatable bonds is 4. The first kappa shape index (κ1) is 21.1. The Balaban J connectivity index is 2.14. The lowest BCUT2D eigenvalue weighted by molar-refractivity contribution is -0.144. The van der Waals surface area contributed by atoms with E-state index in [1.807, 2.05) is 0 Å². The van der Waals surface area contributed by atoms with Crippen molar-refractivity contribution in [3.63, 3.8) is 0 Å². The molecule has 0 radical (unpaired) electrons. The summed E-state index contributed by atoms with van der Waals surface area (Å²) in [5, 5.41) is 0.922. The summed E-state index contributed by atoms with van der Waals surface area (Å²) in [5.41, 5.74) is 1.87. The molecular formula is C21H19Cl2NO5. The highest BCUT2D eigenvalue weighted by molar-refractivity contribution is 6.36. The number of nitrogens with zero attached hydrogens (tertiary/aromatic N) is 1. The third kappa shape index (κ3) is 3.95. The summed E-state index contributed by atoms with van der Waals surface area (Å²) in [4.78, 5) is 29.4. The molecule has 0 spiro atoms. The van der Waals surface area contributed by atoms with Gasteiger partial charge in [0.25, 0.3) is 0 Å². The minimum Gasteiger partial charge on any atom is -0.468 e. The fourth-order valence-corrected chi connectivity index (χ4v) is 4.01. The number of aliphatic imine (C=N–C) groups is 1. The highest BCUT2D eigenvalue weighted by atomic mass is 35.5. The molecule has 0 aliphatic carbocycles. The van der Waals surface area contributed by atoms with Gasteiger partial charge in [0.1, 0.15) is 17.4 Å². The Morgan fingerprint density at radius 3 is 2.41 bits per heavy atom. The molecule has 6 nitrogen and oxygen atoms in total. The number of furan rings is 1. The van der Waals surface area contributed by atoms with Crippen LogP contribution in [0.3, 0.4) is 0 Å². The van der Waals surface area contributed by atoms with Crippen molar-refractivity contribution in [2.24, 2.45) is 10.9 Å². The SMILES string of the molecule is COC(=O)C1=C(C)N=C(C)C(C(=O)OC)[C@H]1c1ccc(-c2ccc(Cl)cc2Cl)o1. The van der Waals surface area contributed by atoms with Crippen LogP contribution < -0.4 is 0 Å². The molecule has 2 atom stereocenters. The number of carbonyl (C=O) groups excluding carboxylic acids is 2. The zero-order chi connectivity index (χ0) is 21.3. The molecule has 2 aromatic rings. The molecule has 3 rings (SSSR count). The predicted octanol–water partition coefficient (Wildman–Crippen LogP) is 5.05. The van der Waals surface area contributed by atoms with Crippen LogP contribution >= 0.6 is 23.2 Å². The van der Waals surface area contributed by atoms with Crippen LogP contribution in [-0.2, 0) is 19.1 Å². The van der Waals surface area contributed by atoms with E-state index in [0.717, 1.165) is 0 Å². The summed E-state index contributed by atoms with van der Waals surface area (Å²) in [6.45, 7) is 3.40. The largest absolute Gasteiger partial charge is 0.468 e. The quantitative estimate of drug-likeness (QED) is 0.627. The van der Waals surface area contributed by atoms with Crippen molar-refractivity contribution in [1.82, 2.24) is 0 Å². The molecule has 0 fully saturated rings. The van der Waals surface area contributed by atoms with E-state index in [9.17, 15) is 9.59 Å².